The number of rotatable bonds is 6. The van der Waals surface area contributed by atoms with Crippen LogP contribution in [-0.4, -0.2) is 47.7 Å². The van der Waals surface area contributed by atoms with Gasteiger partial charge in [-0.2, -0.15) is 18.3 Å². The molecule has 15 heteroatoms. The molecule has 3 aromatic rings. The van der Waals surface area contributed by atoms with Crippen LogP contribution in [0.5, 0.6) is 0 Å². The standard InChI is InChI=1S/C25H27F4N7O3S/c1-3-4-18(16-11-22(40(2,38)39)33-23-17(16)12-30-34-23)32-24(37)35-20-13-31-36(15-7-5-14(26)6-8-15)19(20)9-10-21(35)25(27,28)29/h5-8,11,13,18,21,30H,3-4,9-10,12H2,1-2H3,(H,32,37)(H,33,34)/t18-,21?/m0/s1. The molecule has 214 valence electrons. The predicted molar refractivity (Wildman–Crippen MR) is 138 cm³/mol. The van der Waals surface area contributed by atoms with E-state index in [4.69, 9.17) is 0 Å². The first-order valence-corrected chi connectivity index (χ1v) is 14.5. The maximum absolute atomic E-state index is 14.2. The SMILES string of the molecule is CCC[C@H](NC(=O)N1c2cnn(-c3ccc(F)cc3)c2CCC1C(F)(F)F)c1cc(S(C)(=O)=O)nc2c1CNN2. The summed E-state index contributed by atoms with van der Waals surface area (Å²) in [5.74, 6) is -0.195. The highest BCUT2D eigenvalue weighted by atomic mass is 32.2. The van der Waals surface area contributed by atoms with Gasteiger partial charge >= 0.3 is 12.2 Å². The average Bonchev–Trinajstić information content (AvgIpc) is 3.54. The van der Waals surface area contributed by atoms with Crippen LogP contribution in [0.4, 0.5) is 33.9 Å². The number of benzene rings is 1. The summed E-state index contributed by atoms with van der Waals surface area (Å²) < 4.78 is 82.1. The van der Waals surface area contributed by atoms with E-state index in [-0.39, 0.29) is 29.5 Å². The van der Waals surface area contributed by atoms with Crippen molar-refractivity contribution in [2.45, 2.75) is 62.4 Å². The number of aromatic nitrogens is 3. The van der Waals surface area contributed by atoms with Gasteiger partial charge in [-0.25, -0.2) is 32.7 Å². The third-order valence-electron chi connectivity index (χ3n) is 6.98. The van der Waals surface area contributed by atoms with Crippen LogP contribution in [0.2, 0.25) is 0 Å². The summed E-state index contributed by atoms with van der Waals surface area (Å²) in [6.45, 7) is 2.13. The van der Waals surface area contributed by atoms with E-state index in [1.807, 2.05) is 6.92 Å². The first-order valence-electron chi connectivity index (χ1n) is 12.6. The number of fused-ring (bicyclic) bond motifs is 2. The van der Waals surface area contributed by atoms with Gasteiger partial charge in [-0.1, -0.05) is 13.3 Å². The largest absolute Gasteiger partial charge is 0.409 e. The van der Waals surface area contributed by atoms with Crippen molar-refractivity contribution in [3.8, 4) is 5.69 Å². The second kappa shape index (κ2) is 10.4. The molecule has 0 bridgehead atoms. The number of pyridine rings is 1. The molecular weight excluding hydrogens is 554 g/mol. The Morgan fingerprint density at radius 2 is 1.98 bits per heavy atom. The van der Waals surface area contributed by atoms with Gasteiger partial charge in [-0.05, 0) is 55.2 Å². The maximum atomic E-state index is 14.2. The van der Waals surface area contributed by atoms with E-state index in [0.717, 1.165) is 6.26 Å². The van der Waals surface area contributed by atoms with Crippen LogP contribution < -0.4 is 21.1 Å². The molecular formula is C25H27F4N7O3S. The first kappa shape index (κ1) is 27.8. The summed E-state index contributed by atoms with van der Waals surface area (Å²) in [5, 5.41) is 6.73. The number of halogens is 4. The first-order chi connectivity index (χ1) is 18.9. The van der Waals surface area contributed by atoms with Gasteiger partial charge in [0.1, 0.15) is 17.7 Å². The minimum atomic E-state index is -4.72. The third kappa shape index (κ3) is 5.22. The van der Waals surface area contributed by atoms with Gasteiger partial charge in [0, 0.05) is 18.4 Å². The zero-order valence-electron chi connectivity index (χ0n) is 21.6. The molecule has 0 saturated heterocycles. The number of hydrazine groups is 1. The minimum absolute atomic E-state index is 0.00796. The van der Waals surface area contributed by atoms with Crippen molar-refractivity contribution in [3.05, 3.63) is 59.2 Å². The molecule has 2 atom stereocenters. The quantitative estimate of drug-likeness (QED) is 0.374. The van der Waals surface area contributed by atoms with Crippen molar-refractivity contribution >= 4 is 27.4 Å². The molecule has 40 heavy (non-hydrogen) atoms. The second-order valence-electron chi connectivity index (χ2n) is 9.75. The molecule has 4 heterocycles. The number of sulfone groups is 1. The van der Waals surface area contributed by atoms with Crippen LogP contribution in [0, 0.1) is 5.82 Å². The van der Waals surface area contributed by atoms with Crippen LogP contribution >= 0.6 is 0 Å². The van der Waals surface area contributed by atoms with Crippen LogP contribution in [0.25, 0.3) is 5.69 Å². The van der Waals surface area contributed by atoms with Crippen LogP contribution in [0.15, 0.2) is 41.6 Å². The Kier molecular flexibility index (Phi) is 7.20. The predicted octanol–water partition coefficient (Wildman–Crippen LogP) is 4.17. The van der Waals surface area contributed by atoms with Gasteiger partial charge in [0.05, 0.1) is 29.3 Å². The lowest BCUT2D eigenvalue weighted by Gasteiger charge is -2.37. The highest BCUT2D eigenvalue weighted by Gasteiger charge is 2.49. The zero-order valence-corrected chi connectivity index (χ0v) is 22.4. The summed E-state index contributed by atoms with van der Waals surface area (Å²) in [5.41, 5.74) is 7.54. The molecule has 2 aliphatic rings. The molecule has 0 spiro atoms. The molecule has 3 N–H and O–H groups in total. The summed E-state index contributed by atoms with van der Waals surface area (Å²) in [7, 11) is -3.72. The van der Waals surface area contributed by atoms with E-state index in [1.165, 1.54) is 41.2 Å². The number of nitrogens with zero attached hydrogens (tertiary/aromatic N) is 4. The van der Waals surface area contributed by atoms with Crippen molar-refractivity contribution in [1.29, 1.82) is 0 Å². The number of urea groups is 1. The van der Waals surface area contributed by atoms with E-state index < -0.39 is 46.4 Å². The minimum Gasteiger partial charge on any atom is -0.331 e. The Hall–Kier alpha value is -3.72. The summed E-state index contributed by atoms with van der Waals surface area (Å²) >= 11 is 0. The van der Waals surface area contributed by atoms with Gasteiger partial charge in [-0.15, -0.1) is 0 Å². The molecule has 0 radical (unpaired) electrons. The van der Waals surface area contributed by atoms with Crippen molar-refractivity contribution in [1.82, 2.24) is 25.5 Å². The van der Waals surface area contributed by atoms with E-state index in [2.05, 4.69) is 26.3 Å². The number of carbonyl (C=O) groups is 1. The fourth-order valence-electron chi connectivity index (χ4n) is 5.12. The van der Waals surface area contributed by atoms with E-state index in [0.29, 0.717) is 40.2 Å². The Labute approximate surface area is 227 Å². The number of anilines is 2. The second-order valence-corrected chi connectivity index (χ2v) is 11.7. The Balaban J connectivity index is 1.54. The van der Waals surface area contributed by atoms with E-state index in [9.17, 15) is 30.8 Å². The number of hydrogen-bond donors (Lipinski definition) is 3. The van der Waals surface area contributed by atoms with E-state index in [1.54, 1.807) is 0 Å². The van der Waals surface area contributed by atoms with Crippen molar-refractivity contribution in [3.63, 3.8) is 0 Å². The summed E-state index contributed by atoms with van der Waals surface area (Å²) in [6, 6.07) is 2.79. The third-order valence-corrected chi connectivity index (χ3v) is 7.95. The summed E-state index contributed by atoms with van der Waals surface area (Å²) in [4.78, 5) is 18.5. The molecule has 5 rings (SSSR count). The highest BCUT2D eigenvalue weighted by molar-refractivity contribution is 7.90. The van der Waals surface area contributed by atoms with Gasteiger partial charge in [0.15, 0.2) is 14.9 Å². The Morgan fingerprint density at radius 3 is 2.62 bits per heavy atom. The van der Waals surface area contributed by atoms with Gasteiger partial charge in [0.2, 0.25) is 0 Å². The fraction of sp³-hybridized carbons (Fsp3) is 0.400. The Bertz CT molecular complexity index is 1540. The molecule has 2 aromatic heterocycles. The lowest BCUT2D eigenvalue weighted by atomic mass is 9.97. The normalized spacial score (nSPS) is 17.6. The molecule has 10 nitrogen and oxygen atoms in total. The lowest BCUT2D eigenvalue weighted by Crippen LogP contribution is -2.55. The molecule has 0 fully saturated rings. The monoisotopic (exact) mass is 581 g/mol. The smallest absolute Gasteiger partial charge is 0.331 e. The number of alkyl halides is 3. The van der Waals surface area contributed by atoms with Crippen molar-refractivity contribution in [2.24, 2.45) is 0 Å². The highest BCUT2D eigenvalue weighted by Crippen LogP contribution is 2.40. The molecule has 2 amide bonds. The molecule has 0 aliphatic carbocycles. The Morgan fingerprint density at radius 1 is 1.25 bits per heavy atom. The lowest BCUT2D eigenvalue weighted by molar-refractivity contribution is -0.149. The van der Waals surface area contributed by atoms with Gasteiger partial charge in [-0.3, -0.25) is 4.90 Å². The number of carbonyl (C=O) groups excluding carboxylic acids is 1. The number of amides is 2. The van der Waals surface area contributed by atoms with Gasteiger partial charge < -0.3 is 10.7 Å². The maximum Gasteiger partial charge on any atom is 0.409 e. The molecule has 2 aliphatic heterocycles. The zero-order chi connectivity index (χ0) is 28.8. The molecule has 1 unspecified atom stereocenters. The van der Waals surface area contributed by atoms with Crippen LogP contribution in [0.3, 0.4) is 0 Å². The molecule has 0 saturated carbocycles. The molecule has 1 aromatic carbocycles. The number of nitrogens with one attached hydrogen (secondary N) is 3. The average molecular weight is 582 g/mol. The van der Waals surface area contributed by atoms with Crippen LogP contribution in [0.1, 0.15) is 49.0 Å². The fourth-order valence-corrected chi connectivity index (χ4v) is 5.72. The van der Waals surface area contributed by atoms with Crippen molar-refractivity contribution < 1.29 is 30.8 Å². The summed E-state index contributed by atoms with van der Waals surface area (Å²) in [6.07, 6.45) is -2.04. The van der Waals surface area contributed by atoms with Gasteiger partial charge in [0.25, 0.3) is 0 Å². The van der Waals surface area contributed by atoms with Crippen LogP contribution in [-0.2, 0) is 22.8 Å². The topological polar surface area (TPSA) is 121 Å². The van der Waals surface area contributed by atoms with Crippen molar-refractivity contribution in [2.75, 3.05) is 16.6 Å². The number of hydrogen-bond acceptors (Lipinski definition) is 7. The van der Waals surface area contributed by atoms with E-state index >= 15 is 0 Å².